The molecule has 21 heavy (non-hydrogen) atoms. The van der Waals surface area contributed by atoms with E-state index in [1.165, 1.54) is 25.9 Å². The minimum Gasteiger partial charge on any atom is -0.340 e. The lowest BCUT2D eigenvalue weighted by Crippen LogP contribution is -2.49. The number of amides is 1. The Labute approximate surface area is 131 Å². The molecule has 2 saturated heterocycles. The monoisotopic (exact) mass is 297 g/mol. The number of rotatable bonds is 4. The number of carbonyl (C=O) groups is 1. The van der Waals surface area contributed by atoms with Crippen LogP contribution in [-0.4, -0.2) is 73.0 Å². The molecule has 0 aliphatic carbocycles. The van der Waals surface area contributed by atoms with Crippen LogP contribution in [0.4, 0.5) is 0 Å². The molecule has 4 nitrogen and oxygen atoms in total. The van der Waals surface area contributed by atoms with Crippen molar-refractivity contribution in [2.24, 2.45) is 5.92 Å². The van der Waals surface area contributed by atoms with Gasteiger partial charge in [-0.3, -0.25) is 4.79 Å². The molecule has 2 aliphatic heterocycles. The molecule has 4 heteroatoms. The van der Waals surface area contributed by atoms with Gasteiger partial charge in [-0.1, -0.05) is 27.7 Å². The van der Waals surface area contributed by atoms with Crippen molar-refractivity contribution in [3.05, 3.63) is 0 Å². The minimum atomic E-state index is 0.394. The van der Waals surface area contributed by atoms with Crippen LogP contribution in [0.5, 0.6) is 0 Å². The molecular formula is C17H35N3O. The van der Waals surface area contributed by atoms with E-state index < -0.39 is 0 Å². The molecule has 0 N–H and O–H groups in total. The molecule has 0 aromatic heterocycles. The average Bonchev–Trinajstić information content (AvgIpc) is 2.57. The number of hydrogen-bond acceptors (Lipinski definition) is 3. The van der Waals surface area contributed by atoms with Gasteiger partial charge in [-0.2, -0.15) is 0 Å². The summed E-state index contributed by atoms with van der Waals surface area (Å²) in [5.74, 6) is 1.02. The van der Waals surface area contributed by atoms with E-state index in [-0.39, 0.29) is 0 Å². The fourth-order valence-corrected chi connectivity index (χ4v) is 3.20. The molecule has 0 aromatic carbocycles. The number of nitrogens with zero attached hydrogens (tertiary/aromatic N) is 3. The van der Waals surface area contributed by atoms with Crippen LogP contribution in [0.15, 0.2) is 0 Å². The largest absolute Gasteiger partial charge is 0.340 e. The highest BCUT2D eigenvalue weighted by Gasteiger charge is 2.25. The van der Waals surface area contributed by atoms with Crippen LogP contribution in [0.1, 0.15) is 47.0 Å². The second-order valence-electron chi connectivity index (χ2n) is 5.90. The van der Waals surface area contributed by atoms with Gasteiger partial charge in [0.2, 0.25) is 5.91 Å². The van der Waals surface area contributed by atoms with Gasteiger partial charge in [-0.25, -0.2) is 0 Å². The molecule has 0 spiro atoms. The average molecular weight is 297 g/mol. The Morgan fingerprint density at radius 1 is 0.857 bits per heavy atom. The molecular weight excluding hydrogens is 262 g/mol. The first-order valence-electron chi connectivity index (χ1n) is 8.95. The molecule has 1 amide bonds. The Hall–Kier alpha value is -0.610. The lowest BCUT2D eigenvalue weighted by molar-refractivity contribution is -0.134. The van der Waals surface area contributed by atoms with E-state index >= 15 is 0 Å². The maximum Gasteiger partial charge on any atom is 0.222 e. The van der Waals surface area contributed by atoms with E-state index in [0.29, 0.717) is 11.8 Å². The highest BCUT2D eigenvalue weighted by atomic mass is 16.2. The van der Waals surface area contributed by atoms with Crippen LogP contribution in [0.2, 0.25) is 0 Å². The van der Waals surface area contributed by atoms with Crippen LogP contribution in [0.25, 0.3) is 0 Å². The van der Waals surface area contributed by atoms with E-state index in [0.717, 1.165) is 45.7 Å². The standard InChI is InChI=1S/C15H29N3O.C2H6/c1-3-16-7-5-14(6-8-16)13-15(19)18-11-9-17(4-2)10-12-18;1-2/h14H,3-13H2,1-2H3;1-2H3. The summed E-state index contributed by atoms with van der Waals surface area (Å²) in [7, 11) is 0. The van der Waals surface area contributed by atoms with Gasteiger partial charge in [0.15, 0.2) is 0 Å². The molecule has 0 unspecified atom stereocenters. The number of piperidine rings is 1. The van der Waals surface area contributed by atoms with E-state index in [1.54, 1.807) is 0 Å². The second kappa shape index (κ2) is 10.2. The van der Waals surface area contributed by atoms with Gasteiger partial charge in [0.25, 0.3) is 0 Å². The van der Waals surface area contributed by atoms with Crippen molar-refractivity contribution in [1.82, 2.24) is 14.7 Å². The highest BCUT2D eigenvalue weighted by molar-refractivity contribution is 5.76. The maximum atomic E-state index is 12.3. The smallest absolute Gasteiger partial charge is 0.222 e. The quantitative estimate of drug-likeness (QED) is 0.796. The maximum absolute atomic E-state index is 12.3. The third kappa shape index (κ3) is 5.95. The molecule has 2 heterocycles. The molecule has 0 bridgehead atoms. The zero-order chi connectivity index (χ0) is 15.7. The number of likely N-dealkylation sites (N-methyl/N-ethyl adjacent to an activating group) is 1. The van der Waals surface area contributed by atoms with Gasteiger partial charge in [0, 0.05) is 32.6 Å². The summed E-state index contributed by atoms with van der Waals surface area (Å²) in [6, 6.07) is 0. The summed E-state index contributed by atoms with van der Waals surface area (Å²) in [6.45, 7) is 17.0. The number of carbonyl (C=O) groups excluding carboxylic acids is 1. The summed E-state index contributed by atoms with van der Waals surface area (Å²) < 4.78 is 0. The van der Waals surface area contributed by atoms with Crippen LogP contribution >= 0.6 is 0 Å². The predicted molar refractivity (Wildman–Crippen MR) is 89.5 cm³/mol. The van der Waals surface area contributed by atoms with E-state index in [9.17, 15) is 4.79 Å². The molecule has 0 radical (unpaired) electrons. The summed E-state index contributed by atoms with van der Waals surface area (Å²) >= 11 is 0. The molecule has 2 rings (SSSR count). The van der Waals surface area contributed by atoms with E-state index in [4.69, 9.17) is 0 Å². The minimum absolute atomic E-state index is 0.394. The second-order valence-corrected chi connectivity index (χ2v) is 5.90. The normalized spacial score (nSPS) is 21.8. The van der Waals surface area contributed by atoms with Gasteiger partial charge in [0.05, 0.1) is 0 Å². The van der Waals surface area contributed by atoms with Crippen LogP contribution in [-0.2, 0) is 4.79 Å². The van der Waals surface area contributed by atoms with Crippen molar-refractivity contribution < 1.29 is 4.79 Å². The highest BCUT2D eigenvalue weighted by Crippen LogP contribution is 2.21. The van der Waals surface area contributed by atoms with Gasteiger partial charge in [-0.15, -0.1) is 0 Å². The van der Waals surface area contributed by atoms with Crippen molar-refractivity contribution in [3.8, 4) is 0 Å². The third-order valence-corrected chi connectivity index (χ3v) is 4.79. The van der Waals surface area contributed by atoms with Crippen LogP contribution in [0, 0.1) is 5.92 Å². The van der Waals surface area contributed by atoms with Crippen molar-refractivity contribution in [1.29, 1.82) is 0 Å². The zero-order valence-corrected chi connectivity index (χ0v) is 14.6. The van der Waals surface area contributed by atoms with Crippen molar-refractivity contribution >= 4 is 5.91 Å². The molecule has 0 saturated carbocycles. The fourth-order valence-electron chi connectivity index (χ4n) is 3.20. The number of piperazine rings is 1. The van der Waals surface area contributed by atoms with Gasteiger partial charge >= 0.3 is 0 Å². The van der Waals surface area contributed by atoms with E-state index in [1.807, 2.05) is 13.8 Å². The molecule has 2 fully saturated rings. The van der Waals surface area contributed by atoms with E-state index in [2.05, 4.69) is 28.5 Å². The number of likely N-dealkylation sites (tertiary alicyclic amines) is 1. The SMILES string of the molecule is CC.CCN1CCC(CC(=O)N2CCN(CC)CC2)CC1. The van der Waals surface area contributed by atoms with Crippen molar-refractivity contribution in [2.75, 3.05) is 52.4 Å². The van der Waals surface area contributed by atoms with Crippen molar-refractivity contribution in [3.63, 3.8) is 0 Å². The first-order valence-corrected chi connectivity index (χ1v) is 8.95. The topological polar surface area (TPSA) is 26.8 Å². The Balaban J connectivity index is 0.00000106. The first kappa shape index (κ1) is 18.4. The molecule has 0 atom stereocenters. The lowest BCUT2D eigenvalue weighted by Gasteiger charge is -2.36. The molecule has 0 aromatic rings. The number of hydrogen-bond donors (Lipinski definition) is 0. The Morgan fingerprint density at radius 3 is 1.81 bits per heavy atom. The van der Waals surface area contributed by atoms with Crippen LogP contribution < -0.4 is 0 Å². The Kier molecular flexibility index (Phi) is 8.93. The summed E-state index contributed by atoms with van der Waals surface area (Å²) in [5, 5.41) is 0. The summed E-state index contributed by atoms with van der Waals surface area (Å²) in [6.07, 6.45) is 3.19. The van der Waals surface area contributed by atoms with Crippen molar-refractivity contribution in [2.45, 2.75) is 47.0 Å². The predicted octanol–water partition coefficient (Wildman–Crippen LogP) is 2.30. The van der Waals surface area contributed by atoms with Gasteiger partial charge < -0.3 is 14.7 Å². The zero-order valence-electron chi connectivity index (χ0n) is 14.6. The summed E-state index contributed by atoms with van der Waals surface area (Å²) in [5.41, 5.74) is 0. The van der Waals surface area contributed by atoms with Gasteiger partial charge in [0.1, 0.15) is 0 Å². The molecule has 124 valence electrons. The Bertz CT molecular complexity index is 280. The molecule has 2 aliphatic rings. The first-order chi connectivity index (χ1) is 10.2. The summed E-state index contributed by atoms with van der Waals surface area (Å²) in [4.78, 5) is 19.3. The van der Waals surface area contributed by atoms with Crippen LogP contribution in [0.3, 0.4) is 0 Å². The lowest BCUT2D eigenvalue weighted by atomic mass is 9.93. The van der Waals surface area contributed by atoms with Gasteiger partial charge in [-0.05, 0) is 44.9 Å². The third-order valence-electron chi connectivity index (χ3n) is 4.79. The fraction of sp³-hybridized carbons (Fsp3) is 0.941. The Morgan fingerprint density at radius 2 is 1.33 bits per heavy atom.